The van der Waals surface area contributed by atoms with E-state index in [4.69, 9.17) is 0 Å². The third kappa shape index (κ3) is 3.33. The third-order valence-corrected chi connectivity index (χ3v) is 11.6. The number of fused-ring (bicyclic) bond motifs is 10. The SMILES string of the molecule is C1=C2c3c(cccc3C(c3ccc(-c4ccc5c6c(cccc46)-c4c-5c5ccccc5n4-c4ccccc4)cc3)C1)-c1[nH]c3ccccc3c12. The van der Waals surface area contributed by atoms with E-state index in [2.05, 4.69) is 167 Å². The second-order valence-electron chi connectivity index (χ2n) is 14.0. The van der Waals surface area contributed by atoms with E-state index in [9.17, 15) is 0 Å². The minimum atomic E-state index is 0.335. The molecule has 0 spiro atoms. The summed E-state index contributed by atoms with van der Waals surface area (Å²) in [7, 11) is 0. The number of hydrogen-bond acceptors (Lipinski definition) is 0. The maximum atomic E-state index is 3.74. The van der Waals surface area contributed by atoms with Crippen molar-refractivity contribution in [2.45, 2.75) is 12.3 Å². The van der Waals surface area contributed by atoms with Crippen LogP contribution in [0.3, 0.4) is 0 Å². The van der Waals surface area contributed by atoms with E-state index in [0.717, 1.165) is 6.42 Å². The Hall–Kier alpha value is -6.38. The van der Waals surface area contributed by atoms with Crippen molar-refractivity contribution in [2.75, 3.05) is 0 Å². The fraction of sp³-hybridized carbons (Fsp3) is 0.0417. The van der Waals surface area contributed by atoms with Crippen molar-refractivity contribution >= 4 is 38.2 Å². The molecule has 1 N–H and O–H groups in total. The maximum absolute atomic E-state index is 3.74. The molecule has 0 saturated carbocycles. The Balaban J connectivity index is 0.964. The van der Waals surface area contributed by atoms with Crippen molar-refractivity contribution < 1.29 is 0 Å². The van der Waals surface area contributed by atoms with Gasteiger partial charge in [-0.15, -0.1) is 0 Å². The number of benzene rings is 7. The van der Waals surface area contributed by atoms with Crippen LogP contribution in [0.2, 0.25) is 0 Å². The van der Waals surface area contributed by atoms with Crippen LogP contribution in [0.1, 0.15) is 34.6 Å². The standard InChI is InChI=1S/C48H30N2/c1-2-10-30(11-3-1)50-42-19-7-5-13-36(42)46-38-27-25-32(34-15-9-17-40(44(34)38)48(46)50)29-22-20-28(21-23-29)31-24-26-37-43-33(31)14-8-16-39(43)47-45(37)35-12-4-6-18-41(35)49-47/h1-23,25-27,31,49H,24H2. The zero-order valence-electron chi connectivity index (χ0n) is 27.2. The number of hydrogen-bond donors (Lipinski definition) is 1. The Bertz CT molecular complexity index is 2930. The van der Waals surface area contributed by atoms with Crippen LogP contribution in [0.15, 0.2) is 158 Å². The molecule has 7 aromatic carbocycles. The second-order valence-corrected chi connectivity index (χ2v) is 14.0. The molecular formula is C48H30N2. The number of aromatic amines is 1. The van der Waals surface area contributed by atoms with E-state index >= 15 is 0 Å². The molecule has 2 aromatic heterocycles. The highest BCUT2D eigenvalue weighted by Gasteiger charge is 2.35. The Morgan fingerprint density at radius 1 is 0.520 bits per heavy atom. The lowest BCUT2D eigenvalue weighted by Crippen LogP contribution is -2.08. The van der Waals surface area contributed by atoms with Gasteiger partial charge in [0, 0.05) is 50.1 Å². The molecule has 0 bridgehead atoms. The summed E-state index contributed by atoms with van der Waals surface area (Å²) in [6, 6.07) is 56.2. The van der Waals surface area contributed by atoms with Gasteiger partial charge in [-0.25, -0.2) is 0 Å². The molecule has 0 amide bonds. The van der Waals surface area contributed by atoms with Gasteiger partial charge in [0.15, 0.2) is 0 Å². The molecular weight excluding hydrogens is 605 g/mol. The van der Waals surface area contributed by atoms with E-state index in [1.54, 1.807) is 0 Å². The Morgan fingerprint density at radius 3 is 2.16 bits per heavy atom. The van der Waals surface area contributed by atoms with Crippen LogP contribution >= 0.6 is 0 Å². The number of nitrogens with zero attached hydrogens (tertiary/aromatic N) is 1. The van der Waals surface area contributed by atoms with Crippen LogP contribution in [0.5, 0.6) is 0 Å². The molecule has 2 nitrogen and oxygen atoms in total. The first-order chi connectivity index (χ1) is 24.8. The first-order valence-electron chi connectivity index (χ1n) is 17.6. The number of allylic oxidation sites excluding steroid dienone is 1. The molecule has 3 aliphatic carbocycles. The van der Waals surface area contributed by atoms with Crippen LogP contribution < -0.4 is 0 Å². The Kier molecular flexibility index (Phi) is 5.11. The van der Waals surface area contributed by atoms with Gasteiger partial charge in [-0.2, -0.15) is 0 Å². The molecule has 50 heavy (non-hydrogen) atoms. The fourth-order valence-corrected chi connectivity index (χ4v) is 9.57. The summed E-state index contributed by atoms with van der Waals surface area (Å²) in [6.45, 7) is 0. The predicted octanol–water partition coefficient (Wildman–Crippen LogP) is 12.5. The monoisotopic (exact) mass is 634 g/mol. The van der Waals surface area contributed by atoms with E-state index in [-0.39, 0.29) is 0 Å². The summed E-state index contributed by atoms with van der Waals surface area (Å²) >= 11 is 0. The smallest absolute Gasteiger partial charge is 0.0626 e. The zero-order valence-corrected chi connectivity index (χ0v) is 27.2. The van der Waals surface area contributed by atoms with Crippen LogP contribution in [0.25, 0.3) is 88.6 Å². The van der Waals surface area contributed by atoms with E-state index < -0.39 is 0 Å². The summed E-state index contributed by atoms with van der Waals surface area (Å²) in [4.78, 5) is 3.74. The number of H-pyrrole nitrogens is 1. The van der Waals surface area contributed by atoms with E-state index in [0.29, 0.717) is 5.92 Å². The van der Waals surface area contributed by atoms with Gasteiger partial charge in [0.2, 0.25) is 0 Å². The summed E-state index contributed by atoms with van der Waals surface area (Å²) < 4.78 is 2.46. The summed E-state index contributed by atoms with van der Waals surface area (Å²) in [5, 5.41) is 5.29. The van der Waals surface area contributed by atoms with Crippen molar-refractivity contribution in [3.8, 4) is 50.5 Å². The Morgan fingerprint density at radius 2 is 1.26 bits per heavy atom. The molecule has 0 radical (unpaired) electrons. The lowest BCUT2D eigenvalue weighted by Gasteiger charge is -2.25. The van der Waals surface area contributed by atoms with Gasteiger partial charge in [0.05, 0.1) is 16.9 Å². The van der Waals surface area contributed by atoms with Crippen LogP contribution in [-0.2, 0) is 0 Å². The average Bonchev–Trinajstić information content (AvgIpc) is 3.91. The van der Waals surface area contributed by atoms with Crippen molar-refractivity contribution in [3.63, 3.8) is 0 Å². The normalized spacial score (nSPS) is 15.0. The van der Waals surface area contributed by atoms with Gasteiger partial charge in [-0.05, 0) is 80.4 Å². The average molecular weight is 635 g/mol. The molecule has 0 saturated heterocycles. The quantitative estimate of drug-likeness (QED) is 0.200. The van der Waals surface area contributed by atoms with E-state index in [1.807, 2.05) is 0 Å². The van der Waals surface area contributed by atoms with Gasteiger partial charge in [0.1, 0.15) is 0 Å². The second kappa shape index (κ2) is 9.62. The molecule has 3 aliphatic rings. The molecule has 9 aromatic rings. The zero-order chi connectivity index (χ0) is 32.5. The van der Waals surface area contributed by atoms with Crippen LogP contribution in [0.4, 0.5) is 0 Å². The summed E-state index contributed by atoms with van der Waals surface area (Å²) in [6.07, 6.45) is 3.49. The van der Waals surface area contributed by atoms with Gasteiger partial charge < -0.3 is 9.55 Å². The topological polar surface area (TPSA) is 20.7 Å². The molecule has 1 unspecified atom stereocenters. The summed E-state index contributed by atoms with van der Waals surface area (Å²) in [5.74, 6) is 0.335. The van der Waals surface area contributed by atoms with Gasteiger partial charge >= 0.3 is 0 Å². The minimum absolute atomic E-state index is 0.335. The fourth-order valence-electron chi connectivity index (χ4n) is 9.57. The lowest BCUT2D eigenvalue weighted by atomic mass is 9.78. The number of aromatic nitrogens is 2. The minimum Gasteiger partial charge on any atom is -0.354 e. The highest BCUT2D eigenvalue weighted by molar-refractivity contribution is 6.24. The predicted molar refractivity (Wildman–Crippen MR) is 208 cm³/mol. The van der Waals surface area contributed by atoms with Crippen LogP contribution in [-0.4, -0.2) is 9.55 Å². The van der Waals surface area contributed by atoms with Crippen molar-refractivity contribution in [2.24, 2.45) is 0 Å². The van der Waals surface area contributed by atoms with Crippen LogP contribution in [0, 0.1) is 0 Å². The highest BCUT2D eigenvalue weighted by Crippen LogP contribution is 2.55. The molecule has 0 aliphatic heterocycles. The lowest BCUT2D eigenvalue weighted by molar-refractivity contribution is 0.817. The molecule has 232 valence electrons. The third-order valence-electron chi connectivity index (χ3n) is 11.6. The van der Waals surface area contributed by atoms with Gasteiger partial charge in [0.25, 0.3) is 0 Å². The molecule has 2 heterocycles. The first kappa shape index (κ1) is 26.6. The molecule has 12 rings (SSSR count). The Labute approximate surface area is 289 Å². The van der Waals surface area contributed by atoms with Gasteiger partial charge in [-0.1, -0.05) is 133 Å². The number of nitrogens with one attached hydrogen (secondary N) is 1. The molecule has 1 atom stereocenters. The largest absolute Gasteiger partial charge is 0.354 e. The van der Waals surface area contributed by atoms with E-state index in [1.165, 1.54) is 111 Å². The first-order valence-corrected chi connectivity index (χ1v) is 17.6. The van der Waals surface area contributed by atoms with Crippen molar-refractivity contribution in [3.05, 3.63) is 180 Å². The van der Waals surface area contributed by atoms with Gasteiger partial charge in [-0.3, -0.25) is 0 Å². The molecule has 2 heteroatoms. The van der Waals surface area contributed by atoms with Crippen molar-refractivity contribution in [1.82, 2.24) is 9.55 Å². The highest BCUT2D eigenvalue weighted by atomic mass is 15.0. The maximum Gasteiger partial charge on any atom is 0.0626 e. The number of para-hydroxylation sites is 3. The number of rotatable bonds is 3. The van der Waals surface area contributed by atoms with Crippen molar-refractivity contribution in [1.29, 1.82) is 0 Å². The molecule has 0 fully saturated rings. The summed E-state index contributed by atoms with van der Waals surface area (Å²) in [5.41, 5.74) is 21.1.